The van der Waals surface area contributed by atoms with E-state index in [0.29, 0.717) is 11.2 Å². The van der Waals surface area contributed by atoms with Gasteiger partial charge in [0.15, 0.2) is 0 Å². The molecule has 1 fully saturated rings. The fraction of sp³-hybridized carbons (Fsp3) is 0.615. The van der Waals surface area contributed by atoms with Crippen molar-refractivity contribution < 1.29 is 0 Å². The Bertz CT molecular complexity index is 344. The molecule has 0 bridgehead atoms. The molecule has 2 rings (SSSR count). The van der Waals surface area contributed by atoms with Crippen molar-refractivity contribution in [1.82, 2.24) is 4.98 Å². The minimum Gasteiger partial charge on any atom is -0.382 e. The molecule has 1 aromatic rings. The first-order chi connectivity index (χ1) is 7.66. The number of nitrogens with one attached hydrogen (secondary N) is 1. The second kappa shape index (κ2) is 5.05. The van der Waals surface area contributed by atoms with Crippen molar-refractivity contribution in [3.05, 3.63) is 23.5 Å². The Balaban J connectivity index is 2.07. The third-order valence-corrected chi connectivity index (χ3v) is 3.81. The number of halogens is 1. The summed E-state index contributed by atoms with van der Waals surface area (Å²) in [5, 5.41) is 4.15. The number of anilines is 1. The first-order valence-electron chi connectivity index (χ1n) is 6.05. The van der Waals surface area contributed by atoms with E-state index in [-0.39, 0.29) is 0 Å². The highest BCUT2D eigenvalue weighted by molar-refractivity contribution is 6.29. The highest BCUT2D eigenvalue weighted by Gasteiger charge is 2.27. The third kappa shape index (κ3) is 2.67. The Kier molecular flexibility index (Phi) is 3.70. The zero-order valence-electron chi connectivity index (χ0n) is 9.91. The second-order valence-electron chi connectivity index (χ2n) is 4.92. The molecule has 0 radical (unpaired) electrons. The second-order valence-corrected chi connectivity index (χ2v) is 5.31. The highest BCUT2D eigenvalue weighted by atomic mass is 35.5. The average molecular weight is 239 g/mol. The summed E-state index contributed by atoms with van der Waals surface area (Å²) < 4.78 is 0. The van der Waals surface area contributed by atoms with Gasteiger partial charge in [-0.1, -0.05) is 31.9 Å². The summed E-state index contributed by atoms with van der Waals surface area (Å²) in [5.74, 6) is 1.46. The first kappa shape index (κ1) is 11.7. The molecule has 16 heavy (non-hydrogen) atoms. The molecule has 1 aromatic heterocycles. The van der Waals surface area contributed by atoms with Gasteiger partial charge in [-0.05, 0) is 36.8 Å². The summed E-state index contributed by atoms with van der Waals surface area (Å²) in [6.07, 6.45) is 5.75. The molecule has 0 spiro atoms. The molecule has 0 aliphatic heterocycles. The van der Waals surface area contributed by atoms with Crippen molar-refractivity contribution in [2.75, 3.05) is 5.32 Å². The zero-order valence-corrected chi connectivity index (χ0v) is 10.7. The van der Waals surface area contributed by atoms with E-state index in [1.807, 2.05) is 12.1 Å². The minimum absolute atomic E-state index is 0.557. The van der Waals surface area contributed by atoms with Crippen molar-refractivity contribution in [1.29, 1.82) is 0 Å². The van der Waals surface area contributed by atoms with Crippen molar-refractivity contribution >= 4 is 17.3 Å². The molecule has 1 aliphatic carbocycles. The van der Waals surface area contributed by atoms with Gasteiger partial charge in [-0.3, -0.25) is 0 Å². The van der Waals surface area contributed by atoms with E-state index in [4.69, 9.17) is 11.6 Å². The lowest BCUT2D eigenvalue weighted by molar-refractivity contribution is 0.268. The normalized spacial score (nSPS) is 30.1. The predicted molar refractivity (Wildman–Crippen MR) is 68.8 cm³/mol. The van der Waals surface area contributed by atoms with Crippen molar-refractivity contribution in [2.45, 2.75) is 39.2 Å². The number of pyridine rings is 1. The van der Waals surface area contributed by atoms with Crippen LogP contribution in [0.1, 0.15) is 33.1 Å². The Morgan fingerprint density at radius 1 is 1.31 bits per heavy atom. The lowest BCUT2D eigenvalue weighted by atomic mass is 9.78. The number of aromatic nitrogens is 1. The van der Waals surface area contributed by atoms with Gasteiger partial charge < -0.3 is 5.32 Å². The molecule has 1 aliphatic rings. The maximum Gasteiger partial charge on any atom is 0.131 e. The lowest BCUT2D eigenvalue weighted by Gasteiger charge is -2.35. The number of hydrogen-bond donors (Lipinski definition) is 1. The monoisotopic (exact) mass is 238 g/mol. The average Bonchev–Trinajstić information content (AvgIpc) is 2.24. The van der Waals surface area contributed by atoms with Gasteiger partial charge in [0, 0.05) is 17.9 Å². The van der Waals surface area contributed by atoms with Gasteiger partial charge in [-0.2, -0.15) is 0 Å². The van der Waals surface area contributed by atoms with E-state index < -0.39 is 0 Å². The van der Waals surface area contributed by atoms with Crippen LogP contribution in [0.25, 0.3) is 0 Å². The van der Waals surface area contributed by atoms with Crippen LogP contribution in [0.4, 0.5) is 5.69 Å². The largest absolute Gasteiger partial charge is 0.382 e. The van der Waals surface area contributed by atoms with Gasteiger partial charge >= 0.3 is 0 Å². The van der Waals surface area contributed by atoms with E-state index in [2.05, 4.69) is 24.1 Å². The molecular formula is C13H19ClN2. The van der Waals surface area contributed by atoms with E-state index in [1.165, 1.54) is 19.3 Å². The number of hydrogen-bond acceptors (Lipinski definition) is 2. The van der Waals surface area contributed by atoms with Crippen molar-refractivity contribution in [2.24, 2.45) is 11.8 Å². The van der Waals surface area contributed by atoms with Gasteiger partial charge in [0.2, 0.25) is 0 Å². The predicted octanol–water partition coefficient (Wildman–Crippen LogP) is 3.97. The van der Waals surface area contributed by atoms with Crippen LogP contribution in [0.2, 0.25) is 5.15 Å². The van der Waals surface area contributed by atoms with Crippen LogP contribution in [-0.2, 0) is 0 Å². The van der Waals surface area contributed by atoms with Gasteiger partial charge in [0.1, 0.15) is 5.15 Å². The third-order valence-electron chi connectivity index (χ3n) is 3.60. The summed E-state index contributed by atoms with van der Waals surface area (Å²) in [5.41, 5.74) is 1.09. The van der Waals surface area contributed by atoms with E-state index in [0.717, 1.165) is 17.5 Å². The Morgan fingerprint density at radius 2 is 2.00 bits per heavy atom. The molecule has 0 aromatic carbocycles. The van der Waals surface area contributed by atoms with Crippen LogP contribution in [-0.4, -0.2) is 11.0 Å². The van der Waals surface area contributed by atoms with Crippen LogP contribution in [0.5, 0.6) is 0 Å². The molecule has 1 heterocycles. The fourth-order valence-corrected chi connectivity index (χ4v) is 2.82. The summed E-state index contributed by atoms with van der Waals surface area (Å²) in [7, 11) is 0. The van der Waals surface area contributed by atoms with Gasteiger partial charge in [0.05, 0.1) is 0 Å². The summed E-state index contributed by atoms with van der Waals surface area (Å²) in [4.78, 5) is 4.00. The molecule has 2 unspecified atom stereocenters. The van der Waals surface area contributed by atoms with Gasteiger partial charge in [0.25, 0.3) is 0 Å². The Morgan fingerprint density at radius 3 is 2.62 bits per heavy atom. The standard InChI is InChI=1S/C13H19ClN2/c1-9-4-3-5-10(2)13(9)16-11-6-7-15-12(14)8-11/h6-10,13H,3-5H2,1-2H3,(H,15,16). The molecule has 3 heteroatoms. The van der Waals surface area contributed by atoms with Crippen LogP contribution in [0.3, 0.4) is 0 Å². The van der Waals surface area contributed by atoms with Crippen LogP contribution >= 0.6 is 11.6 Å². The first-order valence-corrected chi connectivity index (χ1v) is 6.42. The lowest BCUT2D eigenvalue weighted by Crippen LogP contribution is -2.37. The quantitative estimate of drug-likeness (QED) is 0.789. The topological polar surface area (TPSA) is 24.9 Å². The molecule has 1 N–H and O–H groups in total. The SMILES string of the molecule is CC1CCCC(C)C1Nc1ccnc(Cl)c1. The maximum atomic E-state index is 5.88. The van der Waals surface area contributed by atoms with Crippen molar-refractivity contribution in [3.63, 3.8) is 0 Å². The maximum absolute atomic E-state index is 5.88. The summed E-state index contributed by atoms with van der Waals surface area (Å²) in [6, 6.07) is 4.45. The zero-order chi connectivity index (χ0) is 11.5. The molecule has 88 valence electrons. The van der Waals surface area contributed by atoms with Gasteiger partial charge in [-0.15, -0.1) is 0 Å². The van der Waals surface area contributed by atoms with Crippen molar-refractivity contribution in [3.8, 4) is 0 Å². The molecule has 0 saturated heterocycles. The van der Waals surface area contributed by atoms with Gasteiger partial charge in [-0.25, -0.2) is 4.98 Å². The molecule has 0 amide bonds. The summed E-state index contributed by atoms with van der Waals surface area (Å²) in [6.45, 7) is 4.66. The molecule has 2 nitrogen and oxygen atoms in total. The molecule has 2 atom stereocenters. The Hall–Kier alpha value is -0.760. The molecule has 1 saturated carbocycles. The van der Waals surface area contributed by atoms with Crippen LogP contribution in [0.15, 0.2) is 18.3 Å². The van der Waals surface area contributed by atoms with Crippen LogP contribution < -0.4 is 5.32 Å². The minimum atomic E-state index is 0.557. The van der Waals surface area contributed by atoms with Crippen LogP contribution in [0, 0.1) is 11.8 Å². The fourth-order valence-electron chi connectivity index (χ4n) is 2.65. The van der Waals surface area contributed by atoms with E-state index in [1.54, 1.807) is 6.20 Å². The number of nitrogens with zero attached hydrogens (tertiary/aromatic N) is 1. The molecular weight excluding hydrogens is 220 g/mol. The Labute approximate surface area is 102 Å². The smallest absolute Gasteiger partial charge is 0.131 e. The summed E-state index contributed by atoms with van der Waals surface area (Å²) >= 11 is 5.88. The number of rotatable bonds is 2. The highest BCUT2D eigenvalue weighted by Crippen LogP contribution is 2.31. The van der Waals surface area contributed by atoms with E-state index >= 15 is 0 Å². The van der Waals surface area contributed by atoms with E-state index in [9.17, 15) is 0 Å².